The van der Waals surface area contributed by atoms with Crippen molar-refractivity contribution in [2.45, 2.75) is 19.4 Å². The van der Waals surface area contributed by atoms with Crippen LogP contribution >= 0.6 is 0 Å². The Labute approximate surface area is 125 Å². The van der Waals surface area contributed by atoms with Gasteiger partial charge in [-0.1, -0.05) is 6.92 Å². The van der Waals surface area contributed by atoms with Crippen molar-refractivity contribution >= 4 is 5.91 Å². The Morgan fingerprint density at radius 1 is 1.33 bits per heavy atom. The number of carbonyl (C=O) groups excluding carboxylic acids is 1. The van der Waals surface area contributed by atoms with Crippen LogP contribution < -0.4 is 20.1 Å². The molecule has 1 rings (SSSR count). The number of carbonyl (C=O) groups is 1. The van der Waals surface area contributed by atoms with Gasteiger partial charge in [-0.05, 0) is 24.6 Å². The van der Waals surface area contributed by atoms with Gasteiger partial charge in [-0.25, -0.2) is 0 Å². The third kappa shape index (κ3) is 5.61. The summed E-state index contributed by atoms with van der Waals surface area (Å²) in [4.78, 5) is 11.4. The Kier molecular flexibility index (Phi) is 7.56. The lowest BCUT2D eigenvalue weighted by Crippen LogP contribution is -2.36. The van der Waals surface area contributed by atoms with E-state index in [0.29, 0.717) is 23.6 Å². The molecule has 118 valence electrons. The number of aliphatic hydroxyl groups is 1. The molecule has 21 heavy (non-hydrogen) atoms. The van der Waals surface area contributed by atoms with E-state index in [1.165, 1.54) is 0 Å². The summed E-state index contributed by atoms with van der Waals surface area (Å²) >= 11 is 0. The summed E-state index contributed by atoms with van der Waals surface area (Å²) in [7, 11) is 3.11. The van der Waals surface area contributed by atoms with Crippen LogP contribution in [0.2, 0.25) is 0 Å². The van der Waals surface area contributed by atoms with Crippen molar-refractivity contribution in [1.29, 1.82) is 0 Å². The highest BCUT2D eigenvalue weighted by Gasteiger charge is 2.14. The van der Waals surface area contributed by atoms with Gasteiger partial charge in [0.05, 0.1) is 26.9 Å². The normalized spacial score (nSPS) is 11.8. The van der Waals surface area contributed by atoms with E-state index in [1.54, 1.807) is 32.4 Å². The van der Waals surface area contributed by atoms with Crippen molar-refractivity contribution in [3.8, 4) is 11.5 Å². The van der Waals surface area contributed by atoms with E-state index >= 15 is 0 Å². The Morgan fingerprint density at radius 2 is 2.10 bits per heavy atom. The number of hydrogen-bond donors (Lipinski definition) is 3. The van der Waals surface area contributed by atoms with Gasteiger partial charge in [-0.3, -0.25) is 4.79 Å². The topological polar surface area (TPSA) is 79.8 Å². The van der Waals surface area contributed by atoms with E-state index in [2.05, 4.69) is 10.6 Å². The molecule has 0 aliphatic heterocycles. The Balaban J connectivity index is 2.54. The third-order valence-corrected chi connectivity index (χ3v) is 2.99. The minimum atomic E-state index is -0.783. The fraction of sp³-hybridized carbons (Fsp3) is 0.533. The summed E-state index contributed by atoms with van der Waals surface area (Å²) in [5.74, 6) is 1.15. The van der Waals surface area contributed by atoms with E-state index in [-0.39, 0.29) is 19.0 Å². The van der Waals surface area contributed by atoms with Crippen LogP contribution in [0.5, 0.6) is 11.5 Å². The number of hydrogen-bond acceptors (Lipinski definition) is 5. The first-order chi connectivity index (χ1) is 10.1. The van der Waals surface area contributed by atoms with Gasteiger partial charge in [0.25, 0.3) is 0 Å². The minimum Gasteiger partial charge on any atom is -0.497 e. The number of benzene rings is 1. The van der Waals surface area contributed by atoms with Gasteiger partial charge in [0.2, 0.25) is 5.91 Å². The number of aliphatic hydroxyl groups excluding tert-OH is 1. The molecule has 0 bridgehead atoms. The molecule has 6 heteroatoms. The SMILES string of the molecule is CCCNC(=O)CNCC(O)c1cc(OC)ccc1OC. The van der Waals surface area contributed by atoms with Crippen molar-refractivity contribution in [1.82, 2.24) is 10.6 Å². The van der Waals surface area contributed by atoms with Gasteiger partial charge < -0.3 is 25.2 Å². The van der Waals surface area contributed by atoms with Gasteiger partial charge >= 0.3 is 0 Å². The molecule has 0 heterocycles. The molecule has 0 saturated carbocycles. The van der Waals surface area contributed by atoms with Crippen molar-refractivity contribution < 1.29 is 19.4 Å². The average Bonchev–Trinajstić information content (AvgIpc) is 2.52. The van der Waals surface area contributed by atoms with Crippen molar-refractivity contribution in [2.75, 3.05) is 33.9 Å². The highest BCUT2D eigenvalue weighted by molar-refractivity contribution is 5.77. The molecule has 1 aromatic rings. The molecule has 3 N–H and O–H groups in total. The maximum atomic E-state index is 11.4. The van der Waals surface area contributed by atoms with Gasteiger partial charge in [0.15, 0.2) is 0 Å². The van der Waals surface area contributed by atoms with Crippen molar-refractivity contribution in [3.05, 3.63) is 23.8 Å². The van der Waals surface area contributed by atoms with E-state index in [4.69, 9.17) is 9.47 Å². The Morgan fingerprint density at radius 3 is 2.71 bits per heavy atom. The second-order valence-corrected chi connectivity index (χ2v) is 4.60. The molecule has 1 atom stereocenters. The number of ether oxygens (including phenoxy) is 2. The predicted molar refractivity (Wildman–Crippen MR) is 80.7 cm³/mol. The Bertz CT molecular complexity index is 451. The van der Waals surface area contributed by atoms with Crippen LogP contribution in [0.4, 0.5) is 0 Å². The maximum Gasteiger partial charge on any atom is 0.233 e. The molecule has 0 saturated heterocycles. The minimum absolute atomic E-state index is 0.0818. The first kappa shape index (κ1) is 17.3. The average molecular weight is 296 g/mol. The Hall–Kier alpha value is -1.79. The van der Waals surface area contributed by atoms with Gasteiger partial charge in [-0.2, -0.15) is 0 Å². The standard InChI is InChI=1S/C15H24N2O4/c1-4-7-17-15(19)10-16-9-13(18)12-8-11(20-2)5-6-14(12)21-3/h5-6,8,13,16,18H,4,7,9-10H2,1-3H3,(H,17,19). The highest BCUT2D eigenvalue weighted by Crippen LogP contribution is 2.28. The van der Waals surface area contributed by atoms with E-state index in [9.17, 15) is 9.90 Å². The van der Waals surface area contributed by atoms with Gasteiger partial charge in [0, 0.05) is 18.7 Å². The zero-order chi connectivity index (χ0) is 15.7. The summed E-state index contributed by atoms with van der Waals surface area (Å²) in [5, 5.41) is 15.9. The van der Waals surface area contributed by atoms with Crippen molar-refractivity contribution in [3.63, 3.8) is 0 Å². The molecular weight excluding hydrogens is 272 g/mol. The lowest BCUT2D eigenvalue weighted by Gasteiger charge is -2.16. The molecule has 1 amide bonds. The first-order valence-electron chi connectivity index (χ1n) is 6.99. The molecule has 0 aliphatic rings. The number of amides is 1. The fourth-order valence-corrected chi connectivity index (χ4v) is 1.86. The summed E-state index contributed by atoms with van der Waals surface area (Å²) < 4.78 is 10.4. The summed E-state index contributed by atoms with van der Waals surface area (Å²) in [5.41, 5.74) is 0.623. The van der Waals surface area contributed by atoms with Crippen LogP contribution in [0.3, 0.4) is 0 Å². The van der Waals surface area contributed by atoms with Crippen LogP contribution in [-0.2, 0) is 4.79 Å². The second kappa shape index (κ2) is 9.20. The maximum absolute atomic E-state index is 11.4. The first-order valence-corrected chi connectivity index (χ1v) is 6.99. The van der Waals surface area contributed by atoms with Crippen LogP contribution in [0, 0.1) is 0 Å². The monoisotopic (exact) mass is 296 g/mol. The molecule has 0 radical (unpaired) electrons. The molecule has 0 aromatic heterocycles. The third-order valence-electron chi connectivity index (χ3n) is 2.99. The lowest BCUT2D eigenvalue weighted by atomic mass is 10.1. The van der Waals surface area contributed by atoms with E-state index in [1.807, 2.05) is 6.92 Å². The summed E-state index contributed by atoms with van der Waals surface area (Å²) in [6.07, 6.45) is 0.115. The molecule has 6 nitrogen and oxygen atoms in total. The molecule has 0 spiro atoms. The molecule has 0 aliphatic carbocycles. The van der Waals surface area contributed by atoms with Gasteiger partial charge in [-0.15, -0.1) is 0 Å². The van der Waals surface area contributed by atoms with Gasteiger partial charge in [0.1, 0.15) is 11.5 Å². The van der Waals surface area contributed by atoms with Crippen LogP contribution in [0.25, 0.3) is 0 Å². The van der Waals surface area contributed by atoms with Crippen LogP contribution in [0.1, 0.15) is 25.0 Å². The molecular formula is C15H24N2O4. The van der Waals surface area contributed by atoms with E-state index < -0.39 is 6.10 Å². The van der Waals surface area contributed by atoms with E-state index in [0.717, 1.165) is 6.42 Å². The molecule has 0 fully saturated rings. The van der Waals surface area contributed by atoms with Crippen LogP contribution in [-0.4, -0.2) is 44.9 Å². The number of rotatable bonds is 9. The predicted octanol–water partition coefficient (Wildman–Crippen LogP) is 0.853. The highest BCUT2D eigenvalue weighted by atomic mass is 16.5. The zero-order valence-corrected chi connectivity index (χ0v) is 12.8. The fourth-order valence-electron chi connectivity index (χ4n) is 1.86. The summed E-state index contributed by atoms with van der Waals surface area (Å²) in [6, 6.07) is 5.23. The smallest absolute Gasteiger partial charge is 0.233 e. The molecule has 1 aromatic carbocycles. The second-order valence-electron chi connectivity index (χ2n) is 4.60. The number of nitrogens with one attached hydrogen (secondary N) is 2. The largest absolute Gasteiger partial charge is 0.497 e. The van der Waals surface area contributed by atoms with Crippen molar-refractivity contribution in [2.24, 2.45) is 0 Å². The zero-order valence-electron chi connectivity index (χ0n) is 12.8. The lowest BCUT2D eigenvalue weighted by molar-refractivity contribution is -0.120. The quantitative estimate of drug-likeness (QED) is 0.629. The van der Waals surface area contributed by atoms with Crippen LogP contribution in [0.15, 0.2) is 18.2 Å². The molecule has 1 unspecified atom stereocenters. The summed E-state index contributed by atoms with van der Waals surface area (Å²) in [6.45, 7) is 3.08. The number of methoxy groups -OCH3 is 2.